The van der Waals surface area contributed by atoms with Crippen LogP contribution in [0.3, 0.4) is 0 Å². The van der Waals surface area contributed by atoms with Crippen LogP contribution in [-0.4, -0.2) is 10.7 Å². The van der Waals surface area contributed by atoms with E-state index < -0.39 is 5.60 Å². The molecule has 1 nitrogen and oxygen atoms in total. The second-order valence-electron chi connectivity index (χ2n) is 7.64. The highest BCUT2D eigenvalue weighted by Crippen LogP contribution is 2.88. The van der Waals surface area contributed by atoms with Crippen LogP contribution >= 0.6 is 0 Å². The van der Waals surface area contributed by atoms with E-state index in [1.165, 1.54) is 38.5 Å². The van der Waals surface area contributed by atoms with Crippen molar-refractivity contribution >= 4 is 0 Å². The van der Waals surface area contributed by atoms with Crippen molar-refractivity contribution < 1.29 is 5.11 Å². The summed E-state index contributed by atoms with van der Waals surface area (Å²) in [4.78, 5) is 0. The maximum absolute atomic E-state index is 10.6. The molecule has 0 heterocycles. The van der Waals surface area contributed by atoms with Gasteiger partial charge < -0.3 is 5.11 Å². The Morgan fingerprint density at radius 1 is 1.19 bits per heavy atom. The first-order chi connectivity index (χ1) is 7.29. The lowest BCUT2D eigenvalue weighted by atomic mass is 9.59. The number of hydrogen-bond acceptors (Lipinski definition) is 1. The standard InChI is InChI=1S/C15H26O/c1-11-6-5-7-13(4)8-9-14(12(2,3)16)10-15(11,13)14/h11,16H,5-10H2,1-4H3/t11-,13+,14+,15-/m1/s1. The Hall–Kier alpha value is -0.0400. The maximum atomic E-state index is 10.6. The van der Waals surface area contributed by atoms with E-state index in [0.717, 1.165) is 5.92 Å². The summed E-state index contributed by atoms with van der Waals surface area (Å²) in [5.41, 5.74) is 0.798. The molecule has 4 atom stereocenters. The van der Waals surface area contributed by atoms with Crippen LogP contribution < -0.4 is 0 Å². The minimum Gasteiger partial charge on any atom is -0.390 e. The fraction of sp³-hybridized carbons (Fsp3) is 1.00. The largest absolute Gasteiger partial charge is 0.390 e. The average molecular weight is 222 g/mol. The summed E-state index contributed by atoms with van der Waals surface area (Å²) in [6.45, 7) is 9.04. The molecule has 3 rings (SSSR count). The third-order valence-electron chi connectivity index (χ3n) is 6.87. The van der Waals surface area contributed by atoms with Gasteiger partial charge in [-0.2, -0.15) is 0 Å². The molecule has 3 saturated carbocycles. The molecular formula is C15H26O. The molecule has 1 spiro atoms. The summed E-state index contributed by atoms with van der Waals surface area (Å²) in [5.74, 6) is 0.820. The highest BCUT2D eigenvalue weighted by Gasteiger charge is 2.83. The van der Waals surface area contributed by atoms with E-state index >= 15 is 0 Å². The minimum atomic E-state index is -0.476. The molecule has 0 amide bonds. The molecule has 0 aromatic carbocycles. The summed E-state index contributed by atoms with van der Waals surface area (Å²) in [6, 6.07) is 0. The predicted octanol–water partition coefficient (Wildman–Crippen LogP) is 3.75. The van der Waals surface area contributed by atoms with E-state index in [1.807, 2.05) is 0 Å². The Kier molecular flexibility index (Phi) is 1.86. The Labute approximate surface area is 99.6 Å². The van der Waals surface area contributed by atoms with Gasteiger partial charge in [-0.3, -0.25) is 0 Å². The molecule has 3 fully saturated rings. The van der Waals surface area contributed by atoms with Crippen LogP contribution in [0.25, 0.3) is 0 Å². The SMILES string of the molecule is C[C@@H]1CCC[C@@]2(C)CC[C@@]3(C(C)(C)O)C[C@@]123. The topological polar surface area (TPSA) is 20.2 Å². The zero-order chi connectivity index (χ0) is 11.8. The van der Waals surface area contributed by atoms with E-state index in [1.54, 1.807) is 0 Å². The molecule has 3 aliphatic rings. The lowest BCUT2D eigenvalue weighted by Gasteiger charge is -2.46. The van der Waals surface area contributed by atoms with E-state index in [0.29, 0.717) is 10.8 Å². The first-order valence-corrected chi connectivity index (χ1v) is 7.02. The van der Waals surface area contributed by atoms with Crippen molar-refractivity contribution in [3.05, 3.63) is 0 Å². The first kappa shape index (κ1) is 11.1. The maximum Gasteiger partial charge on any atom is 0.0653 e. The second kappa shape index (κ2) is 2.68. The monoisotopic (exact) mass is 222 g/mol. The second-order valence-corrected chi connectivity index (χ2v) is 7.64. The van der Waals surface area contributed by atoms with Crippen molar-refractivity contribution in [2.45, 2.75) is 71.8 Å². The summed E-state index contributed by atoms with van der Waals surface area (Å²) >= 11 is 0. The predicted molar refractivity (Wildman–Crippen MR) is 66.1 cm³/mol. The Morgan fingerprint density at radius 3 is 2.44 bits per heavy atom. The van der Waals surface area contributed by atoms with Crippen molar-refractivity contribution in [1.82, 2.24) is 0 Å². The zero-order valence-electron chi connectivity index (χ0n) is 11.3. The molecule has 0 aromatic heterocycles. The number of aliphatic hydroxyl groups is 1. The van der Waals surface area contributed by atoms with E-state index in [9.17, 15) is 5.11 Å². The normalized spacial score (nSPS) is 55.7. The van der Waals surface area contributed by atoms with Gasteiger partial charge >= 0.3 is 0 Å². The van der Waals surface area contributed by atoms with Crippen LogP contribution in [0.1, 0.15) is 66.2 Å². The molecule has 0 aliphatic heterocycles. The smallest absolute Gasteiger partial charge is 0.0653 e. The van der Waals surface area contributed by atoms with E-state index in [-0.39, 0.29) is 5.41 Å². The molecule has 0 saturated heterocycles. The molecule has 0 radical (unpaired) electrons. The first-order valence-electron chi connectivity index (χ1n) is 7.02. The van der Waals surface area contributed by atoms with Crippen LogP contribution in [0, 0.1) is 22.2 Å². The van der Waals surface area contributed by atoms with Gasteiger partial charge in [0.15, 0.2) is 0 Å². The van der Waals surface area contributed by atoms with Gasteiger partial charge in [-0.05, 0) is 56.3 Å². The summed E-state index contributed by atoms with van der Waals surface area (Å²) in [6.07, 6.45) is 8.09. The lowest BCUT2D eigenvalue weighted by molar-refractivity contribution is -0.0430. The third kappa shape index (κ3) is 0.903. The van der Waals surface area contributed by atoms with Crippen molar-refractivity contribution in [2.75, 3.05) is 0 Å². The highest BCUT2D eigenvalue weighted by molar-refractivity contribution is 5.31. The van der Waals surface area contributed by atoms with Crippen LogP contribution in [0.2, 0.25) is 0 Å². The van der Waals surface area contributed by atoms with Crippen LogP contribution in [0.5, 0.6) is 0 Å². The van der Waals surface area contributed by atoms with Crippen LogP contribution in [-0.2, 0) is 0 Å². The van der Waals surface area contributed by atoms with Gasteiger partial charge in [-0.25, -0.2) is 0 Å². The number of rotatable bonds is 1. The van der Waals surface area contributed by atoms with Crippen molar-refractivity contribution in [2.24, 2.45) is 22.2 Å². The van der Waals surface area contributed by atoms with Gasteiger partial charge in [0.05, 0.1) is 5.60 Å². The Balaban J connectivity index is 2.06. The average Bonchev–Trinajstić information content (AvgIpc) is 2.78. The fourth-order valence-electron chi connectivity index (χ4n) is 5.95. The molecule has 0 aromatic rings. The fourth-order valence-corrected chi connectivity index (χ4v) is 5.95. The minimum absolute atomic E-state index is 0.259. The van der Waals surface area contributed by atoms with Gasteiger partial charge in [0.25, 0.3) is 0 Å². The van der Waals surface area contributed by atoms with Gasteiger partial charge in [-0.15, -0.1) is 0 Å². The molecule has 3 aliphatic carbocycles. The van der Waals surface area contributed by atoms with Crippen LogP contribution in [0.4, 0.5) is 0 Å². The molecule has 0 unspecified atom stereocenters. The van der Waals surface area contributed by atoms with Gasteiger partial charge in [0.1, 0.15) is 0 Å². The summed E-state index contributed by atoms with van der Waals surface area (Å²) in [5, 5.41) is 10.6. The summed E-state index contributed by atoms with van der Waals surface area (Å²) < 4.78 is 0. The van der Waals surface area contributed by atoms with Gasteiger partial charge in [0, 0.05) is 5.41 Å². The van der Waals surface area contributed by atoms with Gasteiger partial charge in [0.2, 0.25) is 0 Å². The molecule has 1 N–H and O–H groups in total. The summed E-state index contributed by atoms with van der Waals surface area (Å²) in [7, 11) is 0. The third-order valence-corrected chi connectivity index (χ3v) is 6.87. The van der Waals surface area contributed by atoms with Crippen molar-refractivity contribution in [3.63, 3.8) is 0 Å². The molecule has 92 valence electrons. The van der Waals surface area contributed by atoms with Crippen molar-refractivity contribution in [1.29, 1.82) is 0 Å². The molecule has 16 heavy (non-hydrogen) atoms. The Bertz CT molecular complexity index is 329. The molecule has 1 heteroatoms. The van der Waals surface area contributed by atoms with Crippen molar-refractivity contribution in [3.8, 4) is 0 Å². The Morgan fingerprint density at radius 2 is 1.88 bits per heavy atom. The van der Waals surface area contributed by atoms with Crippen LogP contribution in [0.15, 0.2) is 0 Å². The van der Waals surface area contributed by atoms with Gasteiger partial charge in [-0.1, -0.05) is 26.7 Å². The number of hydrogen-bond donors (Lipinski definition) is 1. The lowest BCUT2D eigenvalue weighted by Crippen LogP contribution is -2.42. The molecular weight excluding hydrogens is 196 g/mol. The zero-order valence-corrected chi connectivity index (χ0v) is 11.3. The van der Waals surface area contributed by atoms with E-state index in [2.05, 4.69) is 27.7 Å². The quantitative estimate of drug-likeness (QED) is 0.716. The highest BCUT2D eigenvalue weighted by atomic mass is 16.3. The van der Waals surface area contributed by atoms with E-state index in [4.69, 9.17) is 0 Å². The molecule has 0 bridgehead atoms.